The predicted octanol–water partition coefficient (Wildman–Crippen LogP) is 4.06. The molecule has 0 saturated carbocycles. The van der Waals surface area contributed by atoms with Gasteiger partial charge in [-0.3, -0.25) is 4.79 Å². The third kappa shape index (κ3) is 4.20. The van der Waals surface area contributed by atoms with Gasteiger partial charge < -0.3 is 14.8 Å². The van der Waals surface area contributed by atoms with E-state index in [1.807, 2.05) is 60.0 Å². The van der Waals surface area contributed by atoms with Crippen LogP contribution >= 0.6 is 11.3 Å². The number of ether oxygens (including phenoxy) is 2. The van der Waals surface area contributed by atoms with Gasteiger partial charge in [-0.05, 0) is 11.6 Å². The molecule has 0 aliphatic rings. The Morgan fingerprint density at radius 3 is 2.69 bits per heavy atom. The van der Waals surface area contributed by atoms with Crippen molar-refractivity contribution >= 4 is 27.5 Å². The number of hydrogen-bond donors (Lipinski definition) is 1. The van der Waals surface area contributed by atoms with Crippen molar-refractivity contribution in [3.05, 3.63) is 71.9 Å². The lowest BCUT2D eigenvalue weighted by Crippen LogP contribution is -2.28. The molecule has 4 rings (SSSR count). The molecule has 0 aliphatic heterocycles. The van der Waals surface area contributed by atoms with Crippen LogP contribution in [0.3, 0.4) is 0 Å². The molecule has 0 unspecified atom stereocenters. The van der Waals surface area contributed by atoms with Gasteiger partial charge in [-0.15, -0.1) is 11.3 Å². The second-order valence-corrected chi connectivity index (χ2v) is 7.11. The molecule has 6 nitrogen and oxygen atoms in total. The maximum absolute atomic E-state index is 12.3. The minimum absolute atomic E-state index is 0.134. The smallest absolute Gasteiger partial charge is 0.258 e. The molecule has 1 amide bonds. The van der Waals surface area contributed by atoms with Crippen LogP contribution in [0.2, 0.25) is 0 Å². The highest BCUT2D eigenvalue weighted by molar-refractivity contribution is 7.17. The Bertz CT molecular complexity index is 1130. The van der Waals surface area contributed by atoms with Crippen LogP contribution in [0.15, 0.2) is 66.3 Å². The molecular formula is C22H19N3O3S. The summed E-state index contributed by atoms with van der Waals surface area (Å²) in [7, 11) is 1.61. The van der Waals surface area contributed by atoms with Crippen molar-refractivity contribution in [2.45, 2.75) is 6.54 Å². The number of carbonyl (C=O) groups is 1. The molecule has 2 aromatic heterocycles. The summed E-state index contributed by atoms with van der Waals surface area (Å²) in [6, 6.07) is 17.5. The van der Waals surface area contributed by atoms with E-state index in [2.05, 4.69) is 15.3 Å². The summed E-state index contributed by atoms with van der Waals surface area (Å²) in [6.07, 6.45) is 1.45. The predicted molar refractivity (Wildman–Crippen MR) is 113 cm³/mol. The average molecular weight is 405 g/mol. The van der Waals surface area contributed by atoms with Crippen LogP contribution in [0.4, 0.5) is 0 Å². The number of aromatic nitrogens is 2. The lowest BCUT2D eigenvalue weighted by Gasteiger charge is -2.10. The van der Waals surface area contributed by atoms with E-state index in [4.69, 9.17) is 9.47 Å². The Labute approximate surface area is 172 Å². The number of hydrogen-bond acceptors (Lipinski definition) is 6. The summed E-state index contributed by atoms with van der Waals surface area (Å²) >= 11 is 1.52. The third-order valence-electron chi connectivity index (χ3n) is 4.43. The van der Waals surface area contributed by atoms with Crippen LogP contribution in [-0.4, -0.2) is 29.6 Å². The largest absolute Gasteiger partial charge is 0.496 e. The Morgan fingerprint density at radius 2 is 1.86 bits per heavy atom. The average Bonchev–Trinajstić information content (AvgIpc) is 3.22. The van der Waals surface area contributed by atoms with Gasteiger partial charge in [0.2, 0.25) is 5.88 Å². The minimum atomic E-state index is -0.237. The fraction of sp³-hybridized carbons (Fsp3) is 0.136. The summed E-state index contributed by atoms with van der Waals surface area (Å²) in [5.74, 6) is 0.902. The van der Waals surface area contributed by atoms with Crippen molar-refractivity contribution in [2.75, 3.05) is 13.7 Å². The Kier molecular flexibility index (Phi) is 5.67. The maximum Gasteiger partial charge on any atom is 0.258 e. The lowest BCUT2D eigenvalue weighted by molar-refractivity contribution is -0.123. The zero-order chi connectivity index (χ0) is 20.1. The van der Waals surface area contributed by atoms with Gasteiger partial charge in [-0.2, -0.15) is 0 Å². The summed E-state index contributed by atoms with van der Waals surface area (Å²) < 4.78 is 11.1. The second kappa shape index (κ2) is 8.70. The van der Waals surface area contributed by atoms with E-state index < -0.39 is 0 Å². The van der Waals surface area contributed by atoms with Crippen LogP contribution in [0.1, 0.15) is 5.56 Å². The van der Waals surface area contributed by atoms with Gasteiger partial charge >= 0.3 is 0 Å². The van der Waals surface area contributed by atoms with Gasteiger partial charge in [0.15, 0.2) is 6.61 Å². The van der Waals surface area contributed by atoms with E-state index in [1.165, 1.54) is 17.7 Å². The van der Waals surface area contributed by atoms with Crippen LogP contribution in [-0.2, 0) is 11.3 Å². The SMILES string of the molecule is COc1ccccc1CNC(=O)COc1ncnc2scc(-c3ccccc3)c12. The highest BCUT2D eigenvalue weighted by atomic mass is 32.1. The van der Waals surface area contributed by atoms with Gasteiger partial charge in [0, 0.05) is 23.1 Å². The second-order valence-electron chi connectivity index (χ2n) is 6.25. The Hall–Kier alpha value is -3.45. The molecule has 2 aromatic carbocycles. The van der Waals surface area contributed by atoms with E-state index in [1.54, 1.807) is 7.11 Å². The van der Waals surface area contributed by atoms with Crippen molar-refractivity contribution in [3.8, 4) is 22.8 Å². The molecule has 7 heteroatoms. The van der Waals surface area contributed by atoms with Gasteiger partial charge in [-0.25, -0.2) is 9.97 Å². The number of rotatable bonds is 7. The van der Waals surface area contributed by atoms with Crippen LogP contribution in [0, 0.1) is 0 Å². The van der Waals surface area contributed by atoms with Gasteiger partial charge in [0.1, 0.15) is 16.9 Å². The van der Waals surface area contributed by atoms with Crippen molar-refractivity contribution < 1.29 is 14.3 Å². The highest BCUT2D eigenvalue weighted by Crippen LogP contribution is 2.37. The number of carbonyl (C=O) groups excluding carboxylic acids is 1. The van der Waals surface area contributed by atoms with Crippen LogP contribution in [0.5, 0.6) is 11.6 Å². The van der Waals surface area contributed by atoms with E-state index in [0.717, 1.165) is 32.7 Å². The van der Waals surface area contributed by atoms with Crippen molar-refractivity contribution in [1.29, 1.82) is 0 Å². The summed E-state index contributed by atoms with van der Waals surface area (Å²) in [5, 5.41) is 5.70. The molecule has 0 aliphatic carbocycles. The number of thiophene rings is 1. The Morgan fingerprint density at radius 1 is 1.07 bits per heavy atom. The van der Waals surface area contributed by atoms with E-state index >= 15 is 0 Å². The first-order chi connectivity index (χ1) is 14.3. The van der Waals surface area contributed by atoms with E-state index in [0.29, 0.717) is 12.4 Å². The summed E-state index contributed by atoms with van der Waals surface area (Å²) in [4.78, 5) is 21.7. The number of amides is 1. The first-order valence-electron chi connectivity index (χ1n) is 9.05. The zero-order valence-electron chi connectivity index (χ0n) is 15.8. The summed E-state index contributed by atoms with van der Waals surface area (Å²) in [6.45, 7) is 0.227. The van der Waals surface area contributed by atoms with E-state index in [-0.39, 0.29) is 12.5 Å². The zero-order valence-corrected chi connectivity index (χ0v) is 16.6. The Balaban J connectivity index is 1.47. The monoisotopic (exact) mass is 405 g/mol. The number of benzene rings is 2. The number of fused-ring (bicyclic) bond motifs is 1. The lowest BCUT2D eigenvalue weighted by atomic mass is 10.1. The molecule has 0 saturated heterocycles. The molecule has 0 atom stereocenters. The third-order valence-corrected chi connectivity index (χ3v) is 5.32. The molecule has 2 heterocycles. The number of para-hydroxylation sites is 1. The maximum atomic E-state index is 12.3. The molecule has 0 radical (unpaired) electrons. The fourth-order valence-electron chi connectivity index (χ4n) is 3.02. The first kappa shape index (κ1) is 18.9. The topological polar surface area (TPSA) is 73.3 Å². The molecular weight excluding hydrogens is 386 g/mol. The highest BCUT2D eigenvalue weighted by Gasteiger charge is 2.15. The molecule has 0 bridgehead atoms. The molecule has 1 N–H and O–H groups in total. The van der Waals surface area contributed by atoms with Crippen molar-refractivity contribution in [2.24, 2.45) is 0 Å². The number of methoxy groups -OCH3 is 1. The van der Waals surface area contributed by atoms with Crippen LogP contribution < -0.4 is 14.8 Å². The van der Waals surface area contributed by atoms with Gasteiger partial charge in [0.05, 0.1) is 12.5 Å². The number of nitrogens with zero attached hydrogens (tertiary/aromatic N) is 2. The normalized spacial score (nSPS) is 10.7. The fourth-order valence-corrected chi connectivity index (χ4v) is 3.92. The van der Waals surface area contributed by atoms with E-state index in [9.17, 15) is 4.79 Å². The standard InChI is InChI=1S/C22H19N3O3S/c1-27-18-10-6-5-9-16(18)11-23-19(26)12-28-21-20-17(15-7-3-2-4-8-15)13-29-22(20)25-14-24-21/h2-10,13-14H,11-12H2,1H3,(H,23,26). The van der Waals surface area contributed by atoms with Crippen molar-refractivity contribution in [1.82, 2.24) is 15.3 Å². The first-order valence-corrected chi connectivity index (χ1v) is 9.93. The minimum Gasteiger partial charge on any atom is -0.496 e. The van der Waals surface area contributed by atoms with Gasteiger partial charge in [-0.1, -0.05) is 48.5 Å². The molecule has 4 aromatic rings. The van der Waals surface area contributed by atoms with Gasteiger partial charge in [0.25, 0.3) is 5.91 Å². The molecule has 29 heavy (non-hydrogen) atoms. The summed E-state index contributed by atoms with van der Waals surface area (Å²) in [5.41, 5.74) is 2.95. The van der Waals surface area contributed by atoms with Crippen molar-refractivity contribution in [3.63, 3.8) is 0 Å². The number of nitrogens with one attached hydrogen (secondary N) is 1. The molecule has 0 fully saturated rings. The quantitative estimate of drug-likeness (QED) is 0.502. The molecule has 146 valence electrons. The molecule has 0 spiro atoms. The van der Waals surface area contributed by atoms with Crippen LogP contribution in [0.25, 0.3) is 21.3 Å².